The smallest absolute Gasteiger partial charge is 0.200 e. The molecule has 0 aliphatic carbocycles. The van der Waals surface area contributed by atoms with E-state index in [1.54, 1.807) is 24.4 Å². The molecule has 0 bridgehead atoms. The van der Waals surface area contributed by atoms with Gasteiger partial charge < -0.3 is 9.88 Å². The number of rotatable bonds is 4. The van der Waals surface area contributed by atoms with E-state index >= 15 is 0 Å². The van der Waals surface area contributed by atoms with Gasteiger partial charge in [0.15, 0.2) is 5.65 Å². The van der Waals surface area contributed by atoms with Crippen molar-refractivity contribution in [2.75, 3.05) is 5.32 Å². The van der Waals surface area contributed by atoms with Crippen molar-refractivity contribution >= 4 is 11.5 Å². The first kappa shape index (κ1) is 14.2. The molecule has 1 aromatic carbocycles. The molecule has 0 saturated carbocycles. The van der Waals surface area contributed by atoms with Crippen LogP contribution in [0.5, 0.6) is 0 Å². The fourth-order valence-corrected chi connectivity index (χ4v) is 2.51. The van der Waals surface area contributed by atoms with Crippen molar-refractivity contribution in [2.24, 2.45) is 7.05 Å². The Bertz CT molecular complexity index is 992. The summed E-state index contributed by atoms with van der Waals surface area (Å²) in [6.07, 6.45) is 3.53. The average Bonchev–Trinajstić information content (AvgIpc) is 3.21. The number of anilines is 1. The van der Waals surface area contributed by atoms with Gasteiger partial charge in [-0.15, -0.1) is 14.8 Å². The van der Waals surface area contributed by atoms with Crippen molar-refractivity contribution in [3.8, 4) is 0 Å². The van der Waals surface area contributed by atoms with E-state index in [0.29, 0.717) is 11.5 Å². The van der Waals surface area contributed by atoms with E-state index < -0.39 is 0 Å². The number of aromatic nitrogens is 7. The number of aryl methyl sites for hydroxylation is 1. The molecule has 0 fully saturated rings. The Morgan fingerprint density at radius 1 is 1.21 bits per heavy atom. The van der Waals surface area contributed by atoms with Gasteiger partial charge in [0.25, 0.3) is 0 Å². The lowest BCUT2D eigenvalue weighted by Gasteiger charge is -2.19. The predicted octanol–water partition coefficient (Wildman–Crippen LogP) is 1.59. The molecule has 3 heterocycles. The molecule has 0 spiro atoms. The molecule has 0 radical (unpaired) electrons. The summed E-state index contributed by atoms with van der Waals surface area (Å²) in [4.78, 5) is 4.37. The van der Waals surface area contributed by atoms with E-state index in [1.807, 2.05) is 23.9 Å². The molecular formula is C15H13FN8. The van der Waals surface area contributed by atoms with Crippen molar-refractivity contribution in [3.63, 3.8) is 0 Å². The van der Waals surface area contributed by atoms with Crippen LogP contribution in [0.2, 0.25) is 0 Å². The van der Waals surface area contributed by atoms with Crippen LogP contribution in [0.1, 0.15) is 17.4 Å². The van der Waals surface area contributed by atoms with E-state index in [-0.39, 0.29) is 11.9 Å². The summed E-state index contributed by atoms with van der Waals surface area (Å²) >= 11 is 0. The van der Waals surface area contributed by atoms with Gasteiger partial charge in [0.2, 0.25) is 0 Å². The minimum atomic E-state index is -0.373. The summed E-state index contributed by atoms with van der Waals surface area (Å²) in [6, 6.07) is 9.52. The van der Waals surface area contributed by atoms with Gasteiger partial charge >= 0.3 is 0 Å². The molecule has 0 saturated heterocycles. The van der Waals surface area contributed by atoms with Crippen LogP contribution in [-0.4, -0.2) is 34.8 Å². The standard InChI is InChI=1S/C15H13FN8/c1-23-8-7-17-15(23)14(10-3-2-4-11(16)9-10)18-12-5-6-13-19-21-22-24(13)20-12/h2-9,14H,1H3,(H,18,20)/t14-/m1/s1. The second-order valence-electron chi connectivity index (χ2n) is 5.27. The Labute approximate surface area is 136 Å². The average molecular weight is 324 g/mol. The molecule has 4 rings (SSSR count). The Morgan fingerprint density at radius 3 is 2.92 bits per heavy atom. The van der Waals surface area contributed by atoms with Crippen LogP contribution in [-0.2, 0) is 7.05 Å². The zero-order valence-corrected chi connectivity index (χ0v) is 12.7. The van der Waals surface area contributed by atoms with Crippen molar-refractivity contribution in [1.82, 2.24) is 34.8 Å². The molecule has 8 nitrogen and oxygen atoms in total. The second kappa shape index (κ2) is 5.69. The number of nitrogens with one attached hydrogen (secondary N) is 1. The zero-order chi connectivity index (χ0) is 16.5. The van der Waals surface area contributed by atoms with Crippen LogP contribution in [0.15, 0.2) is 48.8 Å². The molecule has 0 aliphatic rings. The van der Waals surface area contributed by atoms with Crippen molar-refractivity contribution in [2.45, 2.75) is 6.04 Å². The molecule has 1 N–H and O–H groups in total. The van der Waals surface area contributed by atoms with Crippen molar-refractivity contribution in [3.05, 3.63) is 66.0 Å². The maximum Gasteiger partial charge on any atom is 0.200 e. The van der Waals surface area contributed by atoms with Gasteiger partial charge in [-0.2, -0.15) is 0 Å². The van der Waals surface area contributed by atoms with E-state index in [9.17, 15) is 4.39 Å². The van der Waals surface area contributed by atoms with E-state index in [2.05, 4.69) is 30.9 Å². The third-order valence-electron chi connectivity index (χ3n) is 3.66. The van der Waals surface area contributed by atoms with Gasteiger partial charge in [0.05, 0.1) is 0 Å². The lowest BCUT2D eigenvalue weighted by atomic mass is 10.1. The number of halogens is 1. The molecule has 3 aromatic heterocycles. The van der Waals surface area contributed by atoms with Gasteiger partial charge in [-0.3, -0.25) is 0 Å². The topological polar surface area (TPSA) is 85.8 Å². The summed E-state index contributed by atoms with van der Waals surface area (Å²) in [7, 11) is 1.88. The van der Waals surface area contributed by atoms with Crippen LogP contribution >= 0.6 is 0 Å². The predicted molar refractivity (Wildman–Crippen MR) is 83.7 cm³/mol. The van der Waals surface area contributed by atoms with Crippen LogP contribution in [0.25, 0.3) is 5.65 Å². The monoisotopic (exact) mass is 324 g/mol. The minimum absolute atomic E-state index is 0.308. The quantitative estimate of drug-likeness (QED) is 0.613. The second-order valence-corrected chi connectivity index (χ2v) is 5.27. The van der Waals surface area contributed by atoms with E-state index in [0.717, 1.165) is 11.4 Å². The lowest BCUT2D eigenvalue weighted by molar-refractivity contribution is 0.622. The number of benzene rings is 1. The Balaban J connectivity index is 1.76. The van der Waals surface area contributed by atoms with E-state index in [1.165, 1.54) is 16.8 Å². The number of hydrogen-bond donors (Lipinski definition) is 1. The lowest BCUT2D eigenvalue weighted by Crippen LogP contribution is -2.18. The molecular weight excluding hydrogens is 311 g/mol. The third kappa shape index (κ3) is 2.56. The summed E-state index contributed by atoms with van der Waals surface area (Å²) < 4.78 is 16.9. The molecule has 24 heavy (non-hydrogen) atoms. The molecule has 120 valence electrons. The molecule has 0 aliphatic heterocycles. The Kier molecular flexibility index (Phi) is 3.38. The molecule has 9 heteroatoms. The largest absolute Gasteiger partial charge is 0.355 e. The van der Waals surface area contributed by atoms with Crippen LogP contribution in [0.3, 0.4) is 0 Å². The summed E-state index contributed by atoms with van der Waals surface area (Å²) in [5.41, 5.74) is 1.28. The summed E-state index contributed by atoms with van der Waals surface area (Å²) in [5.74, 6) is 0.976. The first-order valence-electron chi connectivity index (χ1n) is 7.25. The number of tetrazole rings is 1. The number of nitrogens with zero attached hydrogens (tertiary/aromatic N) is 7. The highest BCUT2D eigenvalue weighted by Crippen LogP contribution is 2.25. The fraction of sp³-hybridized carbons (Fsp3) is 0.133. The molecule has 1 atom stereocenters. The fourth-order valence-electron chi connectivity index (χ4n) is 2.51. The number of imidazole rings is 1. The number of hydrogen-bond acceptors (Lipinski definition) is 6. The maximum absolute atomic E-state index is 13.7. The minimum Gasteiger partial charge on any atom is -0.355 e. The highest BCUT2D eigenvalue weighted by atomic mass is 19.1. The first-order chi connectivity index (χ1) is 11.7. The van der Waals surface area contributed by atoms with Gasteiger partial charge in [-0.1, -0.05) is 12.1 Å². The maximum atomic E-state index is 13.7. The molecule has 0 amide bonds. The highest BCUT2D eigenvalue weighted by molar-refractivity contribution is 5.45. The summed E-state index contributed by atoms with van der Waals surface area (Å²) in [6.45, 7) is 0. The van der Waals surface area contributed by atoms with Gasteiger partial charge in [-0.25, -0.2) is 9.37 Å². The van der Waals surface area contributed by atoms with Crippen LogP contribution < -0.4 is 5.32 Å². The Hall–Kier alpha value is -3.36. The SMILES string of the molecule is Cn1ccnc1[C@H](Nc1ccc2nnnn2n1)c1cccc(F)c1. The van der Waals surface area contributed by atoms with Gasteiger partial charge in [-0.05, 0) is 40.3 Å². The normalized spacial score (nSPS) is 12.4. The third-order valence-corrected chi connectivity index (χ3v) is 3.66. The Morgan fingerprint density at radius 2 is 2.12 bits per heavy atom. The van der Waals surface area contributed by atoms with Gasteiger partial charge in [0.1, 0.15) is 23.5 Å². The number of fused-ring (bicyclic) bond motifs is 1. The van der Waals surface area contributed by atoms with E-state index in [4.69, 9.17) is 0 Å². The van der Waals surface area contributed by atoms with Crippen LogP contribution in [0.4, 0.5) is 10.2 Å². The van der Waals surface area contributed by atoms with Crippen molar-refractivity contribution in [1.29, 1.82) is 0 Å². The first-order valence-corrected chi connectivity index (χ1v) is 7.25. The highest BCUT2D eigenvalue weighted by Gasteiger charge is 2.19. The van der Waals surface area contributed by atoms with Crippen molar-refractivity contribution < 1.29 is 4.39 Å². The molecule has 0 unspecified atom stereocenters. The zero-order valence-electron chi connectivity index (χ0n) is 12.7. The summed E-state index contributed by atoms with van der Waals surface area (Å²) in [5, 5.41) is 18.7. The van der Waals surface area contributed by atoms with Gasteiger partial charge in [0, 0.05) is 19.4 Å². The van der Waals surface area contributed by atoms with Crippen LogP contribution in [0, 0.1) is 5.82 Å². The molecule has 4 aromatic rings.